The van der Waals surface area contributed by atoms with Crippen LogP contribution >= 0.6 is 0 Å². The minimum Gasteiger partial charge on any atom is -0.393 e. The van der Waals surface area contributed by atoms with Crippen molar-refractivity contribution in [3.8, 4) is 0 Å². The van der Waals surface area contributed by atoms with Gasteiger partial charge in [-0.3, -0.25) is 0 Å². The summed E-state index contributed by atoms with van der Waals surface area (Å²) in [5.41, 5.74) is 1.09. The van der Waals surface area contributed by atoms with Gasteiger partial charge >= 0.3 is 0 Å². The highest BCUT2D eigenvalue weighted by Gasteiger charge is 2.28. The van der Waals surface area contributed by atoms with Gasteiger partial charge in [0, 0.05) is 25.4 Å². The molecule has 0 aliphatic heterocycles. The highest BCUT2D eigenvalue weighted by molar-refractivity contribution is 5.39. The molecule has 0 aromatic carbocycles. The van der Waals surface area contributed by atoms with Crippen LogP contribution in [0.3, 0.4) is 0 Å². The van der Waals surface area contributed by atoms with Gasteiger partial charge in [0.15, 0.2) is 0 Å². The van der Waals surface area contributed by atoms with Crippen molar-refractivity contribution in [3.05, 3.63) is 17.6 Å². The van der Waals surface area contributed by atoms with Crippen LogP contribution in [-0.4, -0.2) is 34.8 Å². The molecule has 1 N–H and O–H groups in total. The van der Waals surface area contributed by atoms with E-state index in [4.69, 9.17) is 0 Å². The predicted molar refractivity (Wildman–Crippen MR) is 68.1 cm³/mol. The zero-order chi connectivity index (χ0) is 12.4. The molecular weight excluding hydrogens is 214 g/mol. The lowest BCUT2D eigenvalue weighted by Crippen LogP contribution is -2.37. The van der Waals surface area contributed by atoms with E-state index in [1.54, 1.807) is 0 Å². The number of aliphatic hydroxyl groups is 1. The Bertz CT molecular complexity index is 388. The van der Waals surface area contributed by atoms with Crippen molar-refractivity contribution in [1.29, 1.82) is 0 Å². The van der Waals surface area contributed by atoms with Gasteiger partial charge in [0.05, 0.1) is 6.10 Å². The van der Waals surface area contributed by atoms with E-state index < -0.39 is 0 Å². The Hall–Kier alpha value is -1.16. The highest BCUT2D eigenvalue weighted by Crippen LogP contribution is 2.28. The predicted octanol–water partition coefficient (Wildman–Crippen LogP) is 1.55. The molecule has 4 nitrogen and oxygen atoms in total. The molecule has 2 rings (SSSR count). The molecule has 1 fully saturated rings. The number of aromatic nitrogens is 2. The highest BCUT2D eigenvalue weighted by atomic mass is 16.3. The Kier molecular flexibility index (Phi) is 3.62. The Morgan fingerprint density at radius 2 is 2.12 bits per heavy atom. The lowest BCUT2D eigenvalue weighted by molar-refractivity contribution is 0.0464. The van der Waals surface area contributed by atoms with Gasteiger partial charge in [0.25, 0.3) is 0 Å². The van der Waals surface area contributed by atoms with Crippen LogP contribution < -0.4 is 4.90 Å². The van der Waals surface area contributed by atoms with Crippen LogP contribution in [0.1, 0.15) is 31.3 Å². The molecule has 4 heteroatoms. The van der Waals surface area contributed by atoms with Gasteiger partial charge in [0.2, 0.25) is 0 Å². The molecule has 0 atom stereocenters. The second-order valence-corrected chi connectivity index (χ2v) is 4.99. The summed E-state index contributed by atoms with van der Waals surface area (Å²) < 4.78 is 0. The maximum Gasteiger partial charge on any atom is 0.132 e. The van der Waals surface area contributed by atoms with Crippen LogP contribution in [0.15, 0.2) is 6.07 Å². The first kappa shape index (κ1) is 12.3. The number of rotatable bonds is 4. The molecule has 0 radical (unpaired) electrons. The minimum atomic E-state index is -0.0771. The summed E-state index contributed by atoms with van der Waals surface area (Å²) in [7, 11) is 2.06. The van der Waals surface area contributed by atoms with E-state index in [1.165, 1.54) is 0 Å². The zero-order valence-corrected chi connectivity index (χ0v) is 10.8. The second kappa shape index (κ2) is 5.00. The van der Waals surface area contributed by atoms with Crippen molar-refractivity contribution in [3.63, 3.8) is 0 Å². The van der Waals surface area contributed by atoms with Gasteiger partial charge in [-0.1, -0.05) is 6.92 Å². The largest absolute Gasteiger partial charge is 0.393 e. The summed E-state index contributed by atoms with van der Waals surface area (Å²) in [5.74, 6) is 2.44. The Morgan fingerprint density at radius 3 is 2.71 bits per heavy atom. The molecule has 0 bridgehead atoms. The molecular formula is C13H21N3O. The SMILES string of the molecule is CCc1cc(N(C)CC2CC(O)C2)nc(C)n1. The van der Waals surface area contributed by atoms with Crippen LogP contribution in [0.5, 0.6) is 0 Å². The monoisotopic (exact) mass is 235 g/mol. The van der Waals surface area contributed by atoms with Crippen molar-refractivity contribution in [1.82, 2.24) is 9.97 Å². The summed E-state index contributed by atoms with van der Waals surface area (Å²) in [5, 5.41) is 9.28. The summed E-state index contributed by atoms with van der Waals surface area (Å²) in [4.78, 5) is 11.0. The Balaban J connectivity index is 2.02. The van der Waals surface area contributed by atoms with Gasteiger partial charge in [-0.15, -0.1) is 0 Å². The molecule has 1 aromatic rings. The van der Waals surface area contributed by atoms with Crippen molar-refractivity contribution in [2.45, 2.75) is 39.2 Å². The molecule has 0 unspecified atom stereocenters. The third-order valence-electron chi connectivity index (χ3n) is 3.37. The van der Waals surface area contributed by atoms with E-state index in [2.05, 4.69) is 34.9 Å². The van der Waals surface area contributed by atoms with Crippen molar-refractivity contribution in [2.75, 3.05) is 18.5 Å². The van der Waals surface area contributed by atoms with Crippen LogP contribution in [0.25, 0.3) is 0 Å². The molecule has 0 amide bonds. The fraction of sp³-hybridized carbons (Fsp3) is 0.692. The maximum atomic E-state index is 9.28. The van der Waals surface area contributed by atoms with Gasteiger partial charge in [-0.05, 0) is 32.1 Å². The number of hydrogen-bond donors (Lipinski definition) is 1. The van der Waals surface area contributed by atoms with Crippen LogP contribution in [-0.2, 0) is 6.42 Å². The fourth-order valence-electron chi connectivity index (χ4n) is 2.32. The van der Waals surface area contributed by atoms with E-state index in [9.17, 15) is 5.11 Å². The number of aryl methyl sites for hydroxylation is 2. The van der Waals surface area contributed by atoms with E-state index >= 15 is 0 Å². The van der Waals surface area contributed by atoms with Crippen molar-refractivity contribution < 1.29 is 5.11 Å². The second-order valence-electron chi connectivity index (χ2n) is 4.99. The average molecular weight is 235 g/mol. The Labute approximate surface area is 103 Å². The van der Waals surface area contributed by atoms with E-state index in [0.717, 1.165) is 43.1 Å². The summed E-state index contributed by atoms with van der Waals surface area (Å²) in [6.45, 7) is 5.01. The molecule has 1 saturated carbocycles. The molecule has 1 heterocycles. The van der Waals surface area contributed by atoms with E-state index in [-0.39, 0.29) is 6.10 Å². The maximum absolute atomic E-state index is 9.28. The average Bonchev–Trinajstić information content (AvgIpc) is 2.26. The van der Waals surface area contributed by atoms with Gasteiger partial charge in [-0.25, -0.2) is 9.97 Å². The van der Waals surface area contributed by atoms with Crippen LogP contribution in [0.4, 0.5) is 5.82 Å². The number of hydrogen-bond acceptors (Lipinski definition) is 4. The van der Waals surface area contributed by atoms with Gasteiger partial charge < -0.3 is 10.0 Å². The van der Waals surface area contributed by atoms with Crippen molar-refractivity contribution in [2.24, 2.45) is 5.92 Å². The molecule has 1 aromatic heterocycles. The van der Waals surface area contributed by atoms with Gasteiger partial charge in [0.1, 0.15) is 11.6 Å². The third kappa shape index (κ3) is 2.94. The van der Waals surface area contributed by atoms with Gasteiger partial charge in [-0.2, -0.15) is 0 Å². The molecule has 1 aliphatic carbocycles. The topological polar surface area (TPSA) is 49.2 Å². The summed E-state index contributed by atoms with van der Waals surface area (Å²) in [6.07, 6.45) is 2.71. The smallest absolute Gasteiger partial charge is 0.132 e. The van der Waals surface area contributed by atoms with E-state index in [1.807, 2.05) is 6.92 Å². The molecule has 0 saturated heterocycles. The lowest BCUT2D eigenvalue weighted by Gasteiger charge is -2.34. The molecule has 1 aliphatic rings. The van der Waals surface area contributed by atoms with Crippen molar-refractivity contribution >= 4 is 5.82 Å². The number of anilines is 1. The first-order chi connectivity index (χ1) is 8.08. The summed E-state index contributed by atoms with van der Waals surface area (Å²) in [6, 6.07) is 2.06. The minimum absolute atomic E-state index is 0.0771. The standard InChI is InChI=1S/C13H21N3O/c1-4-11-7-13(15-9(2)14-11)16(3)8-10-5-12(17)6-10/h7,10,12,17H,4-6,8H2,1-3H3. The fourth-order valence-corrected chi connectivity index (χ4v) is 2.32. The molecule has 0 spiro atoms. The van der Waals surface area contributed by atoms with E-state index in [0.29, 0.717) is 5.92 Å². The first-order valence-corrected chi connectivity index (χ1v) is 6.32. The molecule has 17 heavy (non-hydrogen) atoms. The normalized spacial score (nSPS) is 23.3. The zero-order valence-electron chi connectivity index (χ0n) is 10.8. The quantitative estimate of drug-likeness (QED) is 0.860. The molecule has 94 valence electrons. The third-order valence-corrected chi connectivity index (χ3v) is 3.37. The Morgan fingerprint density at radius 1 is 1.41 bits per heavy atom. The van der Waals surface area contributed by atoms with Crippen LogP contribution in [0.2, 0.25) is 0 Å². The number of aliphatic hydroxyl groups excluding tert-OH is 1. The first-order valence-electron chi connectivity index (χ1n) is 6.32. The number of nitrogens with zero attached hydrogens (tertiary/aromatic N) is 3. The van der Waals surface area contributed by atoms with Crippen LogP contribution in [0, 0.1) is 12.8 Å². The summed E-state index contributed by atoms with van der Waals surface area (Å²) >= 11 is 0. The lowest BCUT2D eigenvalue weighted by atomic mass is 9.82.